The first kappa shape index (κ1) is 18.4. The molecular weight excluding hydrogens is 336 g/mol. The van der Waals surface area contributed by atoms with E-state index in [0.29, 0.717) is 17.9 Å². The molecule has 0 heterocycles. The zero-order chi connectivity index (χ0) is 19.1. The topological polar surface area (TPSA) is 49.4 Å². The molecule has 0 aromatic heterocycles. The number of anilines is 2. The Bertz CT molecular complexity index is 908. The summed E-state index contributed by atoms with van der Waals surface area (Å²) in [6.45, 7) is 2.34. The number of nitrogens with zero attached hydrogens (tertiary/aromatic N) is 1. The monoisotopic (exact) mass is 358 g/mol. The average molecular weight is 358 g/mol. The minimum atomic E-state index is -0.643. The van der Waals surface area contributed by atoms with Crippen LogP contribution in [0.15, 0.2) is 84.9 Å². The van der Waals surface area contributed by atoms with Crippen LogP contribution in [0, 0.1) is 0 Å². The van der Waals surface area contributed by atoms with Gasteiger partial charge in [0.1, 0.15) is 0 Å². The van der Waals surface area contributed by atoms with Crippen LogP contribution >= 0.6 is 0 Å². The highest BCUT2D eigenvalue weighted by molar-refractivity contribution is 6.44. The number of amides is 2. The molecule has 0 unspecified atom stereocenters. The Labute approximate surface area is 159 Å². The molecule has 0 bridgehead atoms. The van der Waals surface area contributed by atoms with Crippen molar-refractivity contribution in [3.05, 3.63) is 96.1 Å². The number of rotatable bonds is 5. The van der Waals surface area contributed by atoms with Gasteiger partial charge >= 0.3 is 11.8 Å². The zero-order valence-electron chi connectivity index (χ0n) is 15.3. The van der Waals surface area contributed by atoms with E-state index in [4.69, 9.17) is 0 Å². The normalized spacial score (nSPS) is 10.3. The Kier molecular flexibility index (Phi) is 6.00. The highest BCUT2D eigenvalue weighted by Crippen LogP contribution is 2.19. The van der Waals surface area contributed by atoms with Gasteiger partial charge in [0.25, 0.3) is 0 Å². The molecule has 4 heteroatoms. The molecule has 0 atom stereocenters. The Morgan fingerprint density at radius 3 is 2.07 bits per heavy atom. The van der Waals surface area contributed by atoms with Crippen molar-refractivity contribution < 1.29 is 9.59 Å². The van der Waals surface area contributed by atoms with Gasteiger partial charge < -0.3 is 5.32 Å². The summed E-state index contributed by atoms with van der Waals surface area (Å²) in [7, 11) is 0. The fourth-order valence-electron chi connectivity index (χ4n) is 2.90. The summed E-state index contributed by atoms with van der Waals surface area (Å²) in [6.07, 6.45) is 0.775. The van der Waals surface area contributed by atoms with Gasteiger partial charge in [-0.2, -0.15) is 0 Å². The second-order valence-electron chi connectivity index (χ2n) is 6.18. The minimum Gasteiger partial charge on any atom is -0.318 e. The van der Waals surface area contributed by atoms with E-state index in [0.717, 1.165) is 17.5 Å². The van der Waals surface area contributed by atoms with Gasteiger partial charge in [0.05, 0.1) is 6.54 Å². The lowest BCUT2D eigenvalue weighted by Gasteiger charge is -2.22. The van der Waals surface area contributed by atoms with Gasteiger partial charge in [0.2, 0.25) is 0 Å². The SMILES string of the molecule is CCc1ccccc1NC(=O)C(=O)N(Cc1ccccc1)c1ccccc1. The minimum absolute atomic E-state index is 0.326. The van der Waals surface area contributed by atoms with Gasteiger partial charge in [-0.25, -0.2) is 0 Å². The van der Waals surface area contributed by atoms with Crippen LogP contribution in [0.3, 0.4) is 0 Å². The van der Waals surface area contributed by atoms with E-state index >= 15 is 0 Å². The molecule has 0 aliphatic carbocycles. The van der Waals surface area contributed by atoms with Crippen molar-refractivity contribution in [2.75, 3.05) is 10.2 Å². The molecule has 3 aromatic rings. The predicted molar refractivity (Wildman–Crippen MR) is 109 cm³/mol. The largest absolute Gasteiger partial charge is 0.318 e. The Balaban J connectivity index is 1.85. The lowest BCUT2D eigenvalue weighted by Crippen LogP contribution is -2.39. The standard InChI is InChI=1S/C23H22N2O2/c1-2-19-13-9-10-16-21(19)24-22(26)23(27)25(20-14-7-4-8-15-20)17-18-11-5-3-6-12-18/h3-16H,2,17H2,1H3,(H,24,26). The second kappa shape index (κ2) is 8.81. The zero-order valence-corrected chi connectivity index (χ0v) is 15.3. The van der Waals surface area contributed by atoms with Crippen LogP contribution in [-0.2, 0) is 22.6 Å². The van der Waals surface area contributed by atoms with Crippen LogP contribution in [0.5, 0.6) is 0 Å². The smallest absolute Gasteiger partial charge is 0.316 e. The summed E-state index contributed by atoms with van der Waals surface area (Å²) < 4.78 is 0. The molecule has 0 fully saturated rings. The molecule has 0 aliphatic rings. The summed E-state index contributed by atoms with van der Waals surface area (Å²) in [4.78, 5) is 27.1. The van der Waals surface area contributed by atoms with E-state index in [1.807, 2.05) is 91.9 Å². The van der Waals surface area contributed by atoms with Gasteiger partial charge in [-0.05, 0) is 35.7 Å². The first-order chi connectivity index (χ1) is 13.2. The number of aryl methyl sites for hydroxylation is 1. The van der Waals surface area contributed by atoms with Gasteiger partial charge in [-0.15, -0.1) is 0 Å². The van der Waals surface area contributed by atoms with E-state index < -0.39 is 11.8 Å². The summed E-state index contributed by atoms with van der Waals surface area (Å²) in [5.41, 5.74) is 3.31. The van der Waals surface area contributed by atoms with Crippen LogP contribution in [0.4, 0.5) is 11.4 Å². The summed E-state index contributed by atoms with van der Waals surface area (Å²) in [5, 5.41) is 2.77. The van der Waals surface area contributed by atoms with E-state index in [2.05, 4.69) is 5.32 Å². The van der Waals surface area contributed by atoms with Crippen LogP contribution in [0.2, 0.25) is 0 Å². The molecular formula is C23H22N2O2. The maximum atomic E-state index is 13.0. The second-order valence-corrected chi connectivity index (χ2v) is 6.18. The average Bonchev–Trinajstić information content (AvgIpc) is 2.73. The molecule has 3 aromatic carbocycles. The molecule has 0 radical (unpaired) electrons. The third kappa shape index (κ3) is 4.61. The van der Waals surface area contributed by atoms with Crippen LogP contribution in [-0.4, -0.2) is 11.8 Å². The molecule has 27 heavy (non-hydrogen) atoms. The van der Waals surface area contributed by atoms with Crippen molar-refractivity contribution in [3.8, 4) is 0 Å². The maximum Gasteiger partial charge on any atom is 0.316 e. The number of hydrogen-bond acceptors (Lipinski definition) is 2. The van der Waals surface area contributed by atoms with E-state index in [1.54, 1.807) is 0 Å². The molecule has 0 saturated heterocycles. The maximum absolute atomic E-state index is 13.0. The van der Waals surface area contributed by atoms with Gasteiger partial charge in [-0.3, -0.25) is 14.5 Å². The van der Waals surface area contributed by atoms with E-state index in [1.165, 1.54) is 4.90 Å². The Hall–Kier alpha value is -3.40. The summed E-state index contributed by atoms with van der Waals surface area (Å²) >= 11 is 0. The molecule has 0 saturated carbocycles. The highest BCUT2D eigenvalue weighted by Gasteiger charge is 2.24. The predicted octanol–water partition coefficient (Wildman–Crippen LogP) is 4.42. The number of hydrogen-bond donors (Lipinski definition) is 1. The van der Waals surface area contributed by atoms with E-state index in [9.17, 15) is 9.59 Å². The highest BCUT2D eigenvalue weighted by atomic mass is 16.2. The lowest BCUT2D eigenvalue weighted by atomic mass is 10.1. The Morgan fingerprint density at radius 1 is 0.815 bits per heavy atom. The van der Waals surface area contributed by atoms with Crippen molar-refractivity contribution in [2.45, 2.75) is 19.9 Å². The molecule has 136 valence electrons. The quantitative estimate of drug-likeness (QED) is 0.686. The number of nitrogens with one attached hydrogen (secondary N) is 1. The van der Waals surface area contributed by atoms with Crippen LogP contribution < -0.4 is 10.2 Å². The van der Waals surface area contributed by atoms with Crippen molar-refractivity contribution in [3.63, 3.8) is 0 Å². The third-order valence-corrected chi connectivity index (χ3v) is 4.34. The van der Waals surface area contributed by atoms with Crippen molar-refractivity contribution >= 4 is 23.2 Å². The fraction of sp³-hybridized carbons (Fsp3) is 0.130. The molecule has 0 aliphatic heterocycles. The fourth-order valence-corrected chi connectivity index (χ4v) is 2.90. The molecule has 1 N–H and O–H groups in total. The van der Waals surface area contributed by atoms with Crippen LogP contribution in [0.1, 0.15) is 18.1 Å². The molecule has 3 rings (SSSR count). The number of carbonyl (C=O) groups excluding carboxylic acids is 2. The van der Waals surface area contributed by atoms with E-state index in [-0.39, 0.29) is 0 Å². The first-order valence-corrected chi connectivity index (χ1v) is 8.98. The number of carbonyl (C=O) groups is 2. The number of para-hydroxylation sites is 2. The summed E-state index contributed by atoms with van der Waals surface area (Å²) in [6, 6.07) is 26.4. The van der Waals surface area contributed by atoms with Gasteiger partial charge in [0, 0.05) is 11.4 Å². The molecule has 2 amide bonds. The first-order valence-electron chi connectivity index (χ1n) is 8.98. The Morgan fingerprint density at radius 2 is 1.41 bits per heavy atom. The number of benzene rings is 3. The van der Waals surface area contributed by atoms with Crippen LogP contribution in [0.25, 0.3) is 0 Å². The third-order valence-electron chi connectivity index (χ3n) is 4.34. The molecule has 0 spiro atoms. The molecule has 4 nitrogen and oxygen atoms in total. The van der Waals surface area contributed by atoms with Crippen molar-refractivity contribution in [1.82, 2.24) is 0 Å². The lowest BCUT2D eigenvalue weighted by molar-refractivity contribution is -0.134. The van der Waals surface area contributed by atoms with Crippen molar-refractivity contribution in [1.29, 1.82) is 0 Å². The van der Waals surface area contributed by atoms with Crippen molar-refractivity contribution in [2.24, 2.45) is 0 Å². The van der Waals surface area contributed by atoms with Gasteiger partial charge in [-0.1, -0.05) is 73.7 Å². The summed E-state index contributed by atoms with van der Waals surface area (Å²) in [5.74, 6) is -1.23. The van der Waals surface area contributed by atoms with Gasteiger partial charge in [0.15, 0.2) is 0 Å².